The Morgan fingerprint density at radius 2 is 1.21 bits per heavy atom. The van der Waals surface area contributed by atoms with Crippen molar-refractivity contribution in [1.82, 2.24) is 0 Å². The lowest BCUT2D eigenvalue weighted by atomic mass is 10.2. The molecule has 0 atom stereocenters. The summed E-state index contributed by atoms with van der Waals surface area (Å²) in [6.07, 6.45) is 1.89. The first-order valence-corrected chi connectivity index (χ1v) is 10.9. The Morgan fingerprint density at radius 1 is 0.655 bits per heavy atom. The Labute approximate surface area is 173 Å². The molecule has 4 aromatic rings. The minimum Gasteiger partial charge on any atom is -0.496 e. The summed E-state index contributed by atoms with van der Waals surface area (Å²) in [5, 5.41) is 3.87. The molecule has 4 aromatic carbocycles. The molecule has 0 saturated heterocycles. The van der Waals surface area contributed by atoms with Crippen LogP contribution in [0, 0.1) is 0 Å². The third-order valence-electron chi connectivity index (χ3n) is 4.63. The van der Waals surface area contributed by atoms with E-state index < -0.39 is 7.92 Å². The fourth-order valence-corrected chi connectivity index (χ4v) is 5.65. The average molecular weight is 395 g/mol. The van der Waals surface area contributed by atoms with Gasteiger partial charge in [-0.3, -0.25) is 4.99 Å². The maximum Gasteiger partial charge on any atom is 0.127 e. The molecule has 0 unspecified atom stereocenters. The molecular formula is C26H22NOP. The van der Waals surface area contributed by atoms with Gasteiger partial charge in [-0.1, -0.05) is 91.0 Å². The summed E-state index contributed by atoms with van der Waals surface area (Å²) < 4.78 is 5.46. The Balaban J connectivity index is 1.80. The third kappa shape index (κ3) is 4.45. The van der Waals surface area contributed by atoms with Gasteiger partial charge in [0.1, 0.15) is 5.75 Å². The van der Waals surface area contributed by atoms with E-state index >= 15 is 0 Å². The maximum absolute atomic E-state index is 5.46. The van der Waals surface area contributed by atoms with Crippen molar-refractivity contribution in [1.29, 1.82) is 0 Å². The number of rotatable bonds is 6. The molecular weight excluding hydrogens is 373 g/mol. The summed E-state index contributed by atoms with van der Waals surface area (Å²) in [6.45, 7) is 0. The van der Waals surface area contributed by atoms with Crippen LogP contribution in [-0.2, 0) is 0 Å². The summed E-state index contributed by atoms with van der Waals surface area (Å²) in [5.41, 5.74) is 1.95. The number of hydrogen-bond donors (Lipinski definition) is 0. The molecule has 0 aromatic heterocycles. The zero-order valence-corrected chi connectivity index (χ0v) is 17.2. The van der Waals surface area contributed by atoms with Gasteiger partial charge in [-0.2, -0.15) is 0 Å². The van der Waals surface area contributed by atoms with Gasteiger partial charge in [-0.05, 0) is 36.7 Å². The van der Waals surface area contributed by atoms with E-state index in [2.05, 4.69) is 78.9 Å². The lowest BCUT2D eigenvalue weighted by molar-refractivity contribution is 0.414. The van der Waals surface area contributed by atoms with E-state index in [-0.39, 0.29) is 0 Å². The lowest BCUT2D eigenvalue weighted by Crippen LogP contribution is -2.20. The number of aliphatic imine (C=N–C) groups is 1. The van der Waals surface area contributed by atoms with Crippen LogP contribution in [0.15, 0.2) is 114 Å². The molecule has 0 aliphatic carbocycles. The summed E-state index contributed by atoms with van der Waals surface area (Å²) >= 11 is 0. The molecule has 2 nitrogen and oxygen atoms in total. The van der Waals surface area contributed by atoms with Gasteiger partial charge in [0.25, 0.3) is 0 Å². The van der Waals surface area contributed by atoms with Gasteiger partial charge in [0, 0.05) is 17.1 Å². The second-order valence-corrected chi connectivity index (χ2v) is 8.68. The van der Waals surface area contributed by atoms with Crippen molar-refractivity contribution >= 4 is 35.7 Å². The zero-order valence-electron chi connectivity index (χ0n) is 16.3. The van der Waals surface area contributed by atoms with E-state index in [9.17, 15) is 0 Å². The van der Waals surface area contributed by atoms with Crippen LogP contribution in [0.5, 0.6) is 5.75 Å². The SMILES string of the molecule is COc1ccccc1C=Nc1ccccc1P(c1ccccc1)c1ccccc1. The predicted molar refractivity (Wildman–Crippen MR) is 125 cm³/mol. The van der Waals surface area contributed by atoms with Gasteiger partial charge < -0.3 is 4.74 Å². The highest BCUT2D eigenvalue weighted by Crippen LogP contribution is 2.36. The first-order chi connectivity index (χ1) is 14.4. The largest absolute Gasteiger partial charge is 0.496 e. The van der Waals surface area contributed by atoms with E-state index in [1.807, 2.05) is 36.5 Å². The van der Waals surface area contributed by atoms with Crippen molar-refractivity contribution in [3.63, 3.8) is 0 Å². The average Bonchev–Trinajstić information content (AvgIpc) is 2.80. The summed E-state index contributed by atoms with van der Waals surface area (Å²) in [6, 6.07) is 37.7. The molecule has 0 N–H and O–H groups in total. The molecule has 0 aliphatic rings. The molecule has 0 amide bonds. The standard InChI is InChI=1S/C26H22NOP/c1-28-25-18-10-8-12-21(25)20-27-24-17-9-11-19-26(24)29(22-13-4-2-5-14-22)23-15-6-3-7-16-23/h2-20H,1H3. The number of methoxy groups -OCH3 is 1. The molecule has 142 valence electrons. The molecule has 0 fully saturated rings. The summed E-state index contributed by atoms with van der Waals surface area (Å²) in [7, 11) is 0.982. The van der Waals surface area contributed by atoms with E-state index in [4.69, 9.17) is 9.73 Å². The van der Waals surface area contributed by atoms with E-state index in [1.54, 1.807) is 7.11 Å². The first kappa shape index (κ1) is 19.1. The smallest absolute Gasteiger partial charge is 0.127 e. The fourth-order valence-electron chi connectivity index (χ4n) is 3.26. The molecule has 4 rings (SSSR count). The highest BCUT2D eigenvalue weighted by atomic mass is 31.1. The molecule has 29 heavy (non-hydrogen) atoms. The number of ether oxygens (including phenoxy) is 1. The second-order valence-electron chi connectivity index (χ2n) is 6.50. The van der Waals surface area contributed by atoms with Gasteiger partial charge in [-0.15, -0.1) is 0 Å². The molecule has 0 bridgehead atoms. The van der Waals surface area contributed by atoms with Crippen LogP contribution in [0.2, 0.25) is 0 Å². The minimum absolute atomic E-state index is 0.704. The van der Waals surface area contributed by atoms with Crippen molar-refractivity contribution in [2.45, 2.75) is 0 Å². The van der Waals surface area contributed by atoms with Crippen molar-refractivity contribution in [3.8, 4) is 5.75 Å². The van der Waals surface area contributed by atoms with Gasteiger partial charge in [0.05, 0.1) is 12.8 Å². The van der Waals surface area contributed by atoms with E-state index in [0.717, 1.165) is 17.0 Å². The van der Waals surface area contributed by atoms with E-state index in [0.29, 0.717) is 0 Å². The number of para-hydroxylation sites is 2. The molecule has 0 saturated carbocycles. The van der Waals surface area contributed by atoms with Crippen LogP contribution >= 0.6 is 7.92 Å². The van der Waals surface area contributed by atoms with Crippen LogP contribution < -0.4 is 20.7 Å². The lowest BCUT2D eigenvalue weighted by Gasteiger charge is -2.20. The van der Waals surface area contributed by atoms with E-state index in [1.165, 1.54) is 15.9 Å². The van der Waals surface area contributed by atoms with Crippen molar-refractivity contribution in [2.75, 3.05) is 7.11 Å². The van der Waals surface area contributed by atoms with Crippen LogP contribution in [0.1, 0.15) is 5.56 Å². The summed E-state index contributed by atoms with van der Waals surface area (Å²) in [5.74, 6) is 0.821. The quantitative estimate of drug-likeness (QED) is 0.325. The predicted octanol–water partition coefficient (Wildman–Crippen LogP) is 5.20. The van der Waals surface area contributed by atoms with Crippen molar-refractivity contribution in [3.05, 3.63) is 115 Å². The number of nitrogens with zero attached hydrogens (tertiary/aromatic N) is 1. The van der Waals surface area contributed by atoms with Gasteiger partial charge in [-0.25, -0.2) is 0 Å². The Bertz CT molecular complexity index is 1050. The Kier molecular flexibility index (Phi) is 6.14. The number of benzene rings is 4. The highest BCUT2D eigenvalue weighted by molar-refractivity contribution is 7.80. The monoisotopic (exact) mass is 395 g/mol. The van der Waals surface area contributed by atoms with Crippen LogP contribution in [0.3, 0.4) is 0 Å². The van der Waals surface area contributed by atoms with Gasteiger partial charge >= 0.3 is 0 Å². The minimum atomic E-state index is -0.704. The Morgan fingerprint density at radius 3 is 1.86 bits per heavy atom. The summed E-state index contributed by atoms with van der Waals surface area (Å²) in [4.78, 5) is 4.87. The number of hydrogen-bond acceptors (Lipinski definition) is 2. The maximum atomic E-state index is 5.46. The van der Waals surface area contributed by atoms with Crippen LogP contribution in [0.25, 0.3) is 0 Å². The van der Waals surface area contributed by atoms with Gasteiger partial charge in [0.2, 0.25) is 0 Å². The van der Waals surface area contributed by atoms with Crippen molar-refractivity contribution < 1.29 is 4.74 Å². The molecule has 0 aliphatic heterocycles. The second kappa shape index (κ2) is 9.32. The Hall–Kier alpha value is -3.22. The van der Waals surface area contributed by atoms with Gasteiger partial charge in [0.15, 0.2) is 0 Å². The van der Waals surface area contributed by atoms with Crippen LogP contribution in [0.4, 0.5) is 5.69 Å². The van der Waals surface area contributed by atoms with Crippen LogP contribution in [-0.4, -0.2) is 13.3 Å². The highest BCUT2D eigenvalue weighted by Gasteiger charge is 2.18. The molecule has 0 radical (unpaired) electrons. The normalized spacial score (nSPS) is 11.1. The van der Waals surface area contributed by atoms with Crippen molar-refractivity contribution in [2.24, 2.45) is 4.99 Å². The molecule has 3 heteroatoms. The third-order valence-corrected chi connectivity index (χ3v) is 7.12. The molecule has 0 heterocycles. The topological polar surface area (TPSA) is 21.6 Å². The zero-order chi connectivity index (χ0) is 19.9. The first-order valence-electron chi connectivity index (χ1n) is 9.53. The molecule has 0 spiro atoms. The fraction of sp³-hybridized carbons (Fsp3) is 0.0385.